The number of benzene rings is 2. The number of imide groups is 1. The van der Waals surface area contributed by atoms with Gasteiger partial charge in [0.1, 0.15) is 17.9 Å². The number of para-hydroxylation sites is 1. The maximum Gasteiger partial charge on any atom is 0.343 e. The number of carbonyl (C=O) groups excluding carboxylic acids is 3. The fourth-order valence-corrected chi connectivity index (χ4v) is 4.85. The zero-order valence-corrected chi connectivity index (χ0v) is 19.0. The third-order valence-corrected chi connectivity index (χ3v) is 6.61. The first-order chi connectivity index (χ1) is 16.5. The van der Waals surface area contributed by atoms with Crippen LogP contribution in [0.2, 0.25) is 0 Å². The number of ether oxygens (including phenoxy) is 1. The van der Waals surface area contributed by atoms with Gasteiger partial charge >= 0.3 is 6.03 Å². The maximum atomic E-state index is 12.9. The van der Waals surface area contributed by atoms with Crippen molar-refractivity contribution in [3.63, 3.8) is 0 Å². The van der Waals surface area contributed by atoms with Crippen LogP contribution in [0.1, 0.15) is 53.7 Å². The Kier molecular flexibility index (Phi) is 5.65. The molecule has 1 aliphatic carbocycles. The van der Waals surface area contributed by atoms with E-state index in [0.717, 1.165) is 41.4 Å². The second-order valence-electron chi connectivity index (χ2n) is 8.88. The number of aromatic nitrogens is 1. The second-order valence-corrected chi connectivity index (χ2v) is 8.88. The number of rotatable bonds is 5. The number of hydrogen-bond donors (Lipinski definition) is 2. The van der Waals surface area contributed by atoms with Gasteiger partial charge in [-0.2, -0.15) is 0 Å². The minimum atomic E-state index is -0.987. The van der Waals surface area contributed by atoms with Gasteiger partial charge in [0.15, 0.2) is 0 Å². The van der Waals surface area contributed by atoms with Crippen molar-refractivity contribution in [3.8, 4) is 5.75 Å². The largest absolute Gasteiger partial charge is 0.489 e. The predicted octanol–water partition coefficient (Wildman–Crippen LogP) is 4.02. The zero-order chi connectivity index (χ0) is 23.7. The van der Waals surface area contributed by atoms with E-state index in [-0.39, 0.29) is 5.91 Å². The van der Waals surface area contributed by atoms with Gasteiger partial charge in [-0.1, -0.05) is 37.5 Å². The molecule has 1 spiro atoms. The van der Waals surface area contributed by atoms with Gasteiger partial charge in [-0.15, -0.1) is 0 Å². The van der Waals surface area contributed by atoms with Crippen molar-refractivity contribution < 1.29 is 19.1 Å². The monoisotopic (exact) mass is 458 g/mol. The summed E-state index contributed by atoms with van der Waals surface area (Å²) < 4.78 is 5.97. The summed E-state index contributed by atoms with van der Waals surface area (Å²) in [5.41, 5.74) is 4.92. The molecule has 174 valence electrons. The first-order valence-electron chi connectivity index (χ1n) is 11.5. The van der Waals surface area contributed by atoms with Crippen LogP contribution >= 0.6 is 0 Å². The van der Waals surface area contributed by atoms with Crippen LogP contribution < -0.4 is 15.5 Å². The fourth-order valence-electron chi connectivity index (χ4n) is 4.85. The molecule has 3 aromatic rings. The summed E-state index contributed by atoms with van der Waals surface area (Å²) in [5.74, 6) is -0.162. The summed E-state index contributed by atoms with van der Waals surface area (Å²) in [4.78, 5) is 42.3. The van der Waals surface area contributed by atoms with Crippen molar-refractivity contribution in [2.75, 3.05) is 0 Å². The average molecular weight is 459 g/mol. The molecule has 0 radical (unpaired) electrons. The molecule has 2 N–H and O–H groups in total. The zero-order valence-electron chi connectivity index (χ0n) is 19.0. The van der Waals surface area contributed by atoms with E-state index in [2.05, 4.69) is 15.7 Å². The Morgan fingerprint density at radius 2 is 1.82 bits per heavy atom. The van der Waals surface area contributed by atoms with Crippen LogP contribution in [0.15, 0.2) is 54.6 Å². The van der Waals surface area contributed by atoms with Gasteiger partial charge in [-0.25, -0.2) is 9.80 Å². The van der Waals surface area contributed by atoms with E-state index in [1.807, 2.05) is 37.3 Å². The Morgan fingerprint density at radius 3 is 2.59 bits per heavy atom. The summed E-state index contributed by atoms with van der Waals surface area (Å²) >= 11 is 0. The molecule has 8 nitrogen and oxygen atoms in total. The van der Waals surface area contributed by atoms with Gasteiger partial charge < -0.3 is 4.74 Å². The van der Waals surface area contributed by atoms with Crippen LogP contribution in [-0.2, 0) is 11.4 Å². The van der Waals surface area contributed by atoms with Crippen LogP contribution in [0, 0.1) is 6.92 Å². The van der Waals surface area contributed by atoms with Crippen molar-refractivity contribution in [1.29, 1.82) is 0 Å². The summed E-state index contributed by atoms with van der Waals surface area (Å²) in [7, 11) is 0. The lowest BCUT2D eigenvalue weighted by molar-refractivity contribution is -0.129. The molecular weight excluding hydrogens is 432 g/mol. The van der Waals surface area contributed by atoms with E-state index in [1.54, 1.807) is 24.3 Å². The van der Waals surface area contributed by atoms with Gasteiger partial charge in [0.05, 0.1) is 5.52 Å². The maximum absolute atomic E-state index is 12.9. The molecule has 1 saturated carbocycles. The van der Waals surface area contributed by atoms with Crippen molar-refractivity contribution in [2.45, 2.75) is 51.2 Å². The molecule has 2 fully saturated rings. The average Bonchev–Trinajstić information content (AvgIpc) is 3.06. The molecule has 0 unspecified atom stereocenters. The highest BCUT2D eigenvalue weighted by molar-refractivity contribution is 6.08. The lowest BCUT2D eigenvalue weighted by Crippen LogP contribution is -2.58. The van der Waals surface area contributed by atoms with Gasteiger partial charge in [0.2, 0.25) is 0 Å². The summed E-state index contributed by atoms with van der Waals surface area (Å²) in [6, 6.07) is 16.1. The van der Waals surface area contributed by atoms with E-state index >= 15 is 0 Å². The third kappa shape index (κ3) is 3.96. The highest BCUT2D eigenvalue weighted by atomic mass is 16.5. The molecule has 2 aliphatic rings. The number of pyridine rings is 1. The van der Waals surface area contributed by atoms with E-state index in [1.165, 1.54) is 5.01 Å². The van der Waals surface area contributed by atoms with Gasteiger partial charge in [-0.05, 0) is 56.2 Å². The number of nitrogens with one attached hydrogen (secondary N) is 2. The van der Waals surface area contributed by atoms with Crippen molar-refractivity contribution in [1.82, 2.24) is 20.7 Å². The molecule has 8 heteroatoms. The minimum absolute atomic E-state index is 0.333. The standard InChI is InChI=1S/C26H26N4O4/c1-17-15-19(21-7-3-4-8-22(21)27-17)16-34-20-11-9-18(10-12-20)23(31)29-30-25(33)28-24(32)26(30)13-5-2-6-14-26/h3-4,7-12,15H,2,5-6,13-14,16H2,1H3,(H,29,31)(H,28,32,33). The number of urea groups is 1. The Labute approximate surface area is 197 Å². The molecule has 2 heterocycles. The van der Waals surface area contributed by atoms with E-state index in [4.69, 9.17) is 4.74 Å². The smallest absolute Gasteiger partial charge is 0.343 e. The molecule has 1 saturated heterocycles. The normalized spacial score (nSPS) is 17.1. The minimum Gasteiger partial charge on any atom is -0.489 e. The Hall–Kier alpha value is -3.94. The van der Waals surface area contributed by atoms with Crippen LogP contribution in [0.5, 0.6) is 5.75 Å². The van der Waals surface area contributed by atoms with Gasteiger partial charge in [-0.3, -0.25) is 25.3 Å². The highest BCUT2D eigenvalue weighted by Gasteiger charge is 2.54. The number of fused-ring (bicyclic) bond motifs is 1. The summed E-state index contributed by atoms with van der Waals surface area (Å²) in [5, 5.41) is 4.58. The number of nitrogens with zero attached hydrogens (tertiary/aromatic N) is 2. The molecule has 0 atom stereocenters. The van der Waals surface area contributed by atoms with Crippen LogP contribution in [0.4, 0.5) is 4.79 Å². The van der Waals surface area contributed by atoms with Crippen molar-refractivity contribution >= 4 is 28.7 Å². The predicted molar refractivity (Wildman–Crippen MR) is 126 cm³/mol. The first-order valence-corrected chi connectivity index (χ1v) is 11.5. The van der Waals surface area contributed by atoms with Gasteiger partial charge in [0.25, 0.3) is 11.8 Å². The number of carbonyl (C=O) groups is 3. The Balaban J connectivity index is 1.27. The molecule has 1 aromatic heterocycles. The van der Waals surface area contributed by atoms with E-state index in [9.17, 15) is 14.4 Å². The lowest BCUT2D eigenvalue weighted by atomic mass is 9.81. The fraction of sp³-hybridized carbons (Fsp3) is 0.308. The van der Waals surface area contributed by atoms with E-state index < -0.39 is 17.5 Å². The number of hydrogen-bond acceptors (Lipinski definition) is 5. The molecule has 4 amide bonds. The van der Waals surface area contributed by atoms with Crippen molar-refractivity contribution in [2.24, 2.45) is 0 Å². The molecule has 5 rings (SSSR count). The molecule has 1 aliphatic heterocycles. The Morgan fingerprint density at radius 1 is 1.09 bits per heavy atom. The topological polar surface area (TPSA) is 101 Å². The SMILES string of the molecule is Cc1cc(COc2ccc(C(=O)NN3C(=O)NC(=O)C34CCCCC4)cc2)c2ccccc2n1. The van der Waals surface area contributed by atoms with Crippen molar-refractivity contribution in [3.05, 3.63) is 71.4 Å². The third-order valence-electron chi connectivity index (χ3n) is 6.61. The Bertz CT molecular complexity index is 1270. The number of aryl methyl sites for hydroxylation is 1. The number of amides is 4. The number of hydrazine groups is 1. The lowest BCUT2D eigenvalue weighted by Gasteiger charge is -2.37. The van der Waals surface area contributed by atoms with Crippen LogP contribution in [0.25, 0.3) is 10.9 Å². The molecule has 2 aromatic carbocycles. The highest BCUT2D eigenvalue weighted by Crippen LogP contribution is 2.36. The van der Waals surface area contributed by atoms with E-state index in [0.29, 0.717) is 30.8 Å². The first kappa shape index (κ1) is 21.9. The quantitative estimate of drug-likeness (QED) is 0.563. The second kappa shape index (κ2) is 8.78. The molecule has 0 bridgehead atoms. The van der Waals surface area contributed by atoms with Crippen LogP contribution in [-0.4, -0.2) is 33.4 Å². The molecule has 34 heavy (non-hydrogen) atoms. The van der Waals surface area contributed by atoms with Gasteiger partial charge in [0, 0.05) is 22.2 Å². The van der Waals surface area contributed by atoms with Crippen LogP contribution in [0.3, 0.4) is 0 Å². The summed E-state index contributed by atoms with van der Waals surface area (Å²) in [6.07, 6.45) is 3.78. The molecular formula is C26H26N4O4. The summed E-state index contributed by atoms with van der Waals surface area (Å²) in [6.45, 7) is 2.32.